The molecule has 3 rings (SSSR count). The Morgan fingerprint density at radius 3 is 2.85 bits per heavy atom. The first kappa shape index (κ1) is 18.0. The maximum absolute atomic E-state index is 12.7. The van der Waals surface area contributed by atoms with E-state index in [0.717, 1.165) is 34.5 Å². The van der Waals surface area contributed by atoms with Crippen LogP contribution in [-0.4, -0.2) is 18.4 Å². The number of fused-ring (bicyclic) bond motifs is 1. The van der Waals surface area contributed by atoms with Crippen LogP contribution in [-0.2, 0) is 16.1 Å². The van der Waals surface area contributed by atoms with E-state index in [0.29, 0.717) is 13.2 Å². The summed E-state index contributed by atoms with van der Waals surface area (Å²) < 4.78 is 5.63. The quantitative estimate of drug-likeness (QED) is 0.836. The Morgan fingerprint density at radius 1 is 1.27 bits per heavy atom. The lowest BCUT2D eigenvalue weighted by Gasteiger charge is -2.25. The zero-order valence-corrected chi connectivity index (χ0v) is 15.2. The topological polar surface area (TPSA) is 67.4 Å². The molecule has 1 aliphatic heterocycles. The van der Waals surface area contributed by atoms with Gasteiger partial charge in [0.25, 0.3) is 0 Å². The first-order valence-corrected chi connectivity index (χ1v) is 8.97. The number of rotatable bonds is 6. The molecule has 5 nitrogen and oxygen atoms in total. The van der Waals surface area contributed by atoms with Gasteiger partial charge in [-0.15, -0.1) is 0 Å². The first-order chi connectivity index (χ1) is 12.6. The number of nitrogens with one attached hydrogen (secondary N) is 2. The SMILES string of the molecule is CCCOc1ccc(CNC(=O)C2CC(=O)Nc3ccccc32)c(C)c1. The van der Waals surface area contributed by atoms with Gasteiger partial charge in [-0.3, -0.25) is 9.59 Å². The Morgan fingerprint density at radius 2 is 2.08 bits per heavy atom. The molecule has 0 saturated carbocycles. The molecule has 0 saturated heterocycles. The summed E-state index contributed by atoms with van der Waals surface area (Å²) in [6.07, 6.45) is 1.14. The van der Waals surface area contributed by atoms with Gasteiger partial charge in [0, 0.05) is 18.7 Å². The predicted octanol–water partition coefficient (Wildman–Crippen LogP) is 3.53. The van der Waals surface area contributed by atoms with Gasteiger partial charge in [0.2, 0.25) is 11.8 Å². The minimum absolute atomic E-state index is 0.127. The standard InChI is InChI=1S/C21H24N2O3/c1-3-10-26-16-9-8-15(14(2)11-16)13-22-21(25)18-12-20(24)23-19-7-5-4-6-17(18)19/h4-9,11,18H,3,10,12-13H2,1-2H3,(H,22,25)(H,23,24). The van der Waals surface area contributed by atoms with E-state index in [1.165, 1.54) is 0 Å². The van der Waals surface area contributed by atoms with Crippen LogP contribution in [0.2, 0.25) is 0 Å². The lowest BCUT2D eigenvalue weighted by Crippen LogP contribution is -2.34. The fourth-order valence-corrected chi connectivity index (χ4v) is 3.13. The summed E-state index contributed by atoms with van der Waals surface area (Å²) in [4.78, 5) is 24.6. The summed E-state index contributed by atoms with van der Waals surface area (Å²) >= 11 is 0. The molecule has 0 radical (unpaired) electrons. The van der Waals surface area contributed by atoms with E-state index in [9.17, 15) is 9.59 Å². The van der Waals surface area contributed by atoms with Crippen LogP contribution in [0.15, 0.2) is 42.5 Å². The van der Waals surface area contributed by atoms with Crippen LogP contribution in [0.5, 0.6) is 5.75 Å². The third-order valence-corrected chi connectivity index (χ3v) is 4.56. The number of amides is 2. The Labute approximate surface area is 153 Å². The van der Waals surface area contributed by atoms with Crippen LogP contribution >= 0.6 is 0 Å². The fourth-order valence-electron chi connectivity index (χ4n) is 3.13. The highest BCUT2D eigenvalue weighted by Gasteiger charge is 2.30. The number of para-hydroxylation sites is 1. The molecule has 2 aromatic rings. The van der Waals surface area contributed by atoms with Gasteiger partial charge in [0.1, 0.15) is 5.75 Å². The second kappa shape index (κ2) is 8.04. The normalized spacial score (nSPS) is 15.8. The molecule has 0 fully saturated rings. The number of hydrogen-bond donors (Lipinski definition) is 2. The van der Waals surface area contributed by atoms with Gasteiger partial charge < -0.3 is 15.4 Å². The summed E-state index contributed by atoms with van der Waals surface area (Å²) in [6, 6.07) is 13.3. The highest BCUT2D eigenvalue weighted by atomic mass is 16.5. The summed E-state index contributed by atoms with van der Waals surface area (Å²) in [5, 5.41) is 5.79. The number of aryl methyl sites for hydroxylation is 1. The van der Waals surface area contributed by atoms with Crippen LogP contribution in [0.3, 0.4) is 0 Å². The Bertz CT molecular complexity index is 817. The molecular weight excluding hydrogens is 328 g/mol. The number of ether oxygens (including phenoxy) is 1. The van der Waals surface area contributed by atoms with Crippen molar-refractivity contribution >= 4 is 17.5 Å². The van der Waals surface area contributed by atoms with Crippen molar-refractivity contribution < 1.29 is 14.3 Å². The average molecular weight is 352 g/mol. The van der Waals surface area contributed by atoms with E-state index in [4.69, 9.17) is 4.74 Å². The van der Waals surface area contributed by atoms with Crippen molar-refractivity contribution in [2.24, 2.45) is 0 Å². The second-order valence-electron chi connectivity index (χ2n) is 6.55. The van der Waals surface area contributed by atoms with Crippen molar-refractivity contribution in [3.63, 3.8) is 0 Å². The third kappa shape index (κ3) is 4.04. The minimum Gasteiger partial charge on any atom is -0.494 e. The lowest BCUT2D eigenvalue weighted by molar-refractivity contribution is -0.126. The molecule has 1 unspecified atom stereocenters. The van der Waals surface area contributed by atoms with Gasteiger partial charge in [-0.05, 0) is 48.2 Å². The van der Waals surface area contributed by atoms with Gasteiger partial charge in [-0.25, -0.2) is 0 Å². The Kier molecular flexibility index (Phi) is 5.56. The highest BCUT2D eigenvalue weighted by Crippen LogP contribution is 2.32. The van der Waals surface area contributed by atoms with E-state index < -0.39 is 5.92 Å². The number of carbonyl (C=O) groups excluding carboxylic acids is 2. The van der Waals surface area contributed by atoms with Crippen LogP contribution in [0.25, 0.3) is 0 Å². The zero-order chi connectivity index (χ0) is 18.5. The van der Waals surface area contributed by atoms with Gasteiger partial charge in [-0.1, -0.05) is 31.2 Å². The van der Waals surface area contributed by atoms with Crippen molar-refractivity contribution in [1.29, 1.82) is 0 Å². The smallest absolute Gasteiger partial charge is 0.228 e. The predicted molar refractivity (Wildman–Crippen MR) is 101 cm³/mol. The van der Waals surface area contributed by atoms with Crippen LogP contribution in [0.1, 0.15) is 42.4 Å². The van der Waals surface area contributed by atoms with Crippen LogP contribution in [0.4, 0.5) is 5.69 Å². The van der Waals surface area contributed by atoms with Gasteiger partial charge in [-0.2, -0.15) is 0 Å². The van der Waals surface area contributed by atoms with Gasteiger partial charge in [0.05, 0.1) is 12.5 Å². The molecule has 5 heteroatoms. The number of hydrogen-bond acceptors (Lipinski definition) is 3. The van der Waals surface area contributed by atoms with E-state index in [2.05, 4.69) is 17.6 Å². The van der Waals surface area contributed by atoms with Crippen molar-refractivity contribution in [3.8, 4) is 5.75 Å². The molecule has 2 N–H and O–H groups in total. The number of anilines is 1. The molecule has 0 spiro atoms. The van der Waals surface area contributed by atoms with Crippen molar-refractivity contribution in [2.45, 2.75) is 39.2 Å². The summed E-state index contributed by atoms with van der Waals surface area (Å²) in [5.41, 5.74) is 3.69. The monoisotopic (exact) mass is 352 g/mol. The summed E-state index contributed by atoms with van der Waals surface area (Å²) in [6.45, 7) is 5.20. The summed E-state index contributed by atoms with van der Waals surface area (Å²) in [7, 11) is 0. The molecule has 136 valence electrons. The van der Waals surface area contributed by atoms with E-state index in [1.54, 1.807) is 0 Å². The molecule has 2 amide bonds. The molecule has 0 aromatic heterocycles. The van der Waals surface area contributed by atoms with E-state index in [1.807, 2.05) is 49.4 Å². The molecule has 26 heavy (non-hydrogen) atoms. The Balaban J connectivity index is 1.67. The molecule has 0 aliphatic carbocycles. The Hall–Kier alpha value is -2.82. The van der Waals surface area contributed by atoms with E-state index in [-0.39, 0.29) is 18.2 Å². The maximum Gasteiger partial charge on any atom is 0.228 e. The minimum atomic E-state index is -0.451. The number of carbonyl (C=O) groups is 2. The van der Waals surface area contributed by atoms with Crippen LogP contribution < -0.4 is 15.4 Å². The lowest BCUT2D eigenvalue weighted by atomic mass is 9.90. The molecule has 1 heterocycles. The zero-order valence-electron chi connectivity index (χ0n) is 15.2. The van der Waals surface area contributed by atoms with Gasteiger partial charge >= 0.3 is 0 Å². The molecular formula is C21H24N2O3. The second-order valence-corrected chi connectivity index (χ2v) is 6.55. The van der Waals surface area contributed by atoms with Crippen molar-refractivity contribution in [2.75, 3.05) is 11.9 Å². The largest absolute Gasteiger partial charge is 0.494 e. The average Bonchev–Trinajstić information content (AvgIpc) is 2.64. The fraction of sp³-hybridized carbons (Fsp3) is 0.333. The molecule has 0 bridgehead atoms. The molecule has 1 atom stereocenters. The molecule has 2 aromatic carbocycles. The number of benzene rings is 2. The van der Waals surface area contributed by atoms with Crippen LogP contribution in [0, 0.1) is 6.92 Å². The first-order valence-electron chi connectivity index (χ1n) is 8.97. The van der Waals surface area contributed by atoms with E-state index >= 15 is 0 Å². The third-order valence-electron chi connectivity index (χ3n) is 4.56. The molecule has 1 aliphatic rings. The highest BCUT2D eigenvalue weighted by molar-refractivity contribution is 6.01. The summed E-state index contributed by atoms with van der Waals surface area (Å²) in [5.74, 6) is 0.139. The maximum atomic E-state index is 12.7. The van der Waals surface area contributed by atoms with Crippen molar-refractivity contribution in [1.82, 2.24) is 5.32 Å². The van der Waals surface area contributed by atoms with Gasteiger partial charge in [0.15, 0.2) is 0 Å². The van der Waals surface area contributed by atoms with Crippen molar-refractivity contribution in [3.05, 3.63) is 59.2 Å².